The van der Waals surface area contributed by atoms with Crippen LogP contribution in [0.1, 0.15) is 31.7 Å². The predicted molar refractivity (Wildman–Crippen MR) is 78.8 cm³/mol. The van der Waals surface area contributed by atoms with Gasteiger partial charge in [0.15, 0.2) is 0 Å². The number of hydrogen-bond donors (Lipinski definition) is 2. The van der Waals surface area contributed by atoms with Gasteiger partial charge in [-0.1, -0.05) is 19.8 Å². The number of nitrogens with zero attached hydrogens (tertiary/aromatic N) is 1. The summed E-state index contributed by atoms with van der Waals surface area (Å²) in [5.41, 5.74) is 2.08. The predicted octanol–water partition coefficient (Wildman–Crippen LogP) is 1.38. The molecule has 1 amide bonds. The second-order valence-corrected chi connectivity index (χ2v) is 6.21. The number of rotatable bonds is 6. The first kappa shape index (κ1) is 14.8. The number of carbonyl (C=O) groups is 1. The van der Waals surface area contributed by atoms with Crippen molar-refractivity contribution in [2.24, 2.45) is 5.14 Å². The van der Waals surface area contributed by atoms with E-state index in [4.69, 9.17) is 5.14 Å². The van der Waals surface area contributed by atoms with Gasteiger partial charge >= 0.3 is 0 Å². The van der Waals surface area contributed by atoms with E-state index in [0.29, 0.717) is 18.7 Å². The third-order valence-electron chi connectivity index (χ3n) is 3.26. The van der Waals surface area contributed by atoms with Gasteiger partial charge in [0.2, 0.25) is 5.91 Å². The molecule has 3 N–H and O–H groups in total. The highest BCUT2D eigenvalue weighted by molar-refractivity contribution is 7.90. The second-order valence-electron chi connectivity index (χ2n) is 4.92. The fourth-order valence-electron chi connectivity index (χ4n) is 2.38. The summed E-state index contributed by atoms with van der Waals surface area (Å²) in [6.07, 6.45) is 3.47. The molecule has 0 unspecified atom stereocenters. The maximum atomic E-state index is 12.0. The van der Waals surface area contributed by atoms with E-state index in [1.165, 1.54) is 0 Å². The summed E-state index contributed by atoms with van der Waals surface area (Å²) < 4.78 is 24.2. The zero-order chi connectivity index (χ0) is 14.8. The number of benzene rings is 1. The van der Waals surface area contributed by atoms with E-state index in [-0.39, 0.29) is 5.91 Å². The highest BCUT2D eigenvalue weighted by Gasteiger charge is 2.26. The minimum absolute atomic E-state index is 0.0591. The highest BCUT2D eigenvalue weighted by Crippen LogP contribution is 2.31. The zero-order valence-electron chi connectivity index (χ0n) is 11.4. The van der Waals surface area contributed by atoms with Crippen LogP contribution >= 0.6 is 0 Å². The topological polar surface area (TPSA) is 92.5 Å². The Kier molecular flexibility index (Phi) is 4.29. The van der Waals surface area contributed by atoms with Gasteiger partial charge in [0.05, 0.1) is 12.1 Å². The summed E-state index contributed by atoms with van der Waals surface area (Å²) in [5, 5.41) is 4.93. The molecule has 0 radical (unpaired) electrons. The Morgan fingerprint density at radius 1 is 1.35 bits per heavy atom. The average molecular weight is 297 g/mol. The van der Waals surface area contributed by atoms with Crippen LogP contribution in [0.3, 0.4) is 0 Å². The molecule has 0 fully saturated rings. The van der Waals surface area contributed by atoms with Crippen LogP contribution in [0.2, 0.25) is 0 Å². The molecule has 0 atom stereocenters. The number of anilines is 2. The molecule has 0 aromatic heterocycles. The van der Waals surface area contributed by atoms with Crippen LogP contribution < -0.4 is 14.8 Å². The molecule has 0 aliphatic carbocycles. The van der Waals surface area contributed by atoms with E-state index < -0.39 is 10.2 Å². The van der Waals surface area contributed by atoms with Crippen molar-refractivity contribution in [1.82, 2.24) is 0 Å². The van der Waals surface area contributed by atoms with Crippen molar-refractivity contribution in [3.05, 3.63) is 23.8 Å². The van der Waals surface area contributed by atoms with Crippen LogP contribution in [0, 0.1) is 0 Å². The molecule has 110 valence electrons. The van der Waals surface area contributed by atoms with Gasteiger partial charge in [-0.25, -0.2) is 5.14 Å². The molecule has 0 spiro atoms. The quantitative estimate of drug-likeness (QED) is 0.777. The van der Waals surface area contributed by atoms with E-state index >= 15 is 0 Å². The summed E-state index contributed by atoms with van der Waals surface area (Å²) >= 11 is 0. The van der Waals surface area contributed by atoms with Gasteiger partial charge in [0.25, 0.3) is 10.2 Å². The lowest BCUT2D eigenvalue weighted by Crippen LogP contribution is -2.27. The molecule has 1 aliphatic heterocycles. The fraction of sp³-hybridized carbons (Fsp3) is 0.462. The largest absolute Gasteiger partial charge is 0.312 e. The Bertz CT molecular complexity index is 613. The van der Waals surface area contributed by atoms with E-state index in [9.17, 15) is 13.2 Å². The number of hydrogen-bond acceptors (Lipinski definition) is 3. The van der Waals surface area contributed by atoms with Gasteiger partial charge in [0.1, 0.15) is 0 Å². The number of amides is 1. The molecule has 0 saturated heterocycles. The van der Waals surface area contributed by atoms with Crippen molar-refractivity contribution in [3.8, 4) is 0 Å². The molecular formula is C13H19N3O3S. The van der Waals surface area contributed by atoms with E-state index in [2.05, 4.69) is 11.6 Å². The molecule has 0 saturated carbocycles. The molecule has 1 aromatic rings. The van der Waals surface area contributed by atoms with Gasteiger partial charge < -0.3 is 4.90 Å². The van der Waals surface area contributed by atoms with Crippen LogP contribution in [-0.2, 0) is 21.4 Å². The van der Waals surface area contributed by atoms with Crippen LogP contribution in [0.5, 0.6) is 0 Å². The van der Waals surface area contributed by atoms with Crippen LogP contribution in [-0.4, -0.2) is 20.9 Å². The summed E-state index contributed by atoms with van der Waals surface area (Å²) in [7, 11) is -3.79. The third-order valence-corrected chi connectivity index (χ3v) is 3.78. The van der Waals surface area contributed by atoms with Crippen LogP contribution in [0.4, 0.5) is 11.4 Å². The van der Waals surface area contributed by atoms with Gasteiger partial charge in [-0.2, -0.15) is 8.42 Å². The Morgan fingerprint density at radius 2 is 2.10 bits per heavy atom. The van der Waals surface area contributed by atoms with Crippen LogP contribution in [0.15, 0.2) is 18.2 Å². The Balaban J connectivity index is 2.16. The monoisotopic (exact) mass is 297 g/mol. The molecular weight excluding hydrogens is 278 g/mol. The SMILES string of the molecule is CCCCCN1C(=O)Cc2cc(NS(N)(=O)=O)ccc21. The van der Waals surface area contributed by atoms with Crippen molar-refractivity contribution >= 4 is 27.5 Å². The fourth-order valence-corrected chi connectivity index (χ4v) is 2.83. The third kappa shape index (κ3) is 3.49. The maximum Gasteiger partial charge on any atom is 0.296 e. The van der Waals surface area contributed by atoms with Crippen molar-refractivity contribution in [1.29, 1.82) is 0 Å². The standard InChI is InChI=1S/C13H19N3O3S/c1-2-3-4-7-16-12-6-5-11(15-20(14,18)19)8-10(12)9-13(16)17/h5-6,8,15H,2-4,7,9H2,1H3,(H2,14,18,19). The molecule has 20 heavy (non-hydrogen) atoms. The van der Waals surface area contributed by atoms with E-state index in [0.717, 1.165) is 30.5 Å². The Labute approximate surface area is 119 Å². The lowest BCUT2D eigenvalue weighted by atomic mass is 10.1. The molecule has 1 aliphatic rings. The smallest absolute Gasteiger partial charge is 0.296 e. The number of unbranched alkanes of at least 4 members (excludes halogenated alkanes) is 2. The van der Waals surface area contributed by atoms with E-state index in [1.807, 2.05) is 0 Å². The van der Waals surface area contributed by atoms with Crippen molar-refractivity contribution in [2.45, 2.75) is 32.6 Å². The van der Waals surface area contributed by atoms with Gasteiger partial charge in [-0.3, -0.25) is 9.52 Å². The normalized spacial score (nSPS) is 14.5. The van der Waals surface area contributed by atoms with Crippen LogP contribution in [0.25, 0.3) is 0 Å². The number of fused-ring (bicyclic) bond motifs is 1. The van der Waals surface area contributed by atoms with E-state index in [1.54, 1.807) is 23.1 Å². The molecule has 0 bridgehead atoms. The lowest BCUT2D eigenvalue weighted by molar-refractivity contribution is -0.117. The van der Waals surface area contributed by atoms with Crippen molar-refractivity contribution in [2.75, 3.05) is 16.2 Å². The molecule has 2 rings (SSSR count). The average Bonchev–Trinajstić information content (AvgIpc) is 2.63. The molecule has 6 nitrogen and oxygen atoms in total. The summed E-state index contributed by atoms with van der Waals surface area (Å²) in [6, 6.07) is 5.05. The summed E-state index contributed by atoms with van der Waals surface area (Å²) in [6.45, 7) is 2.83. The number of carbonyl (C=O) groups excluding carboxylic acids is 1. The summed E-state index contributed by atoms with van der Waals surface area (Å²) in [4.78, 5) is 13.8. The summed E-state index contributed by atoms with van der Waals surface area (Å²) in [5.74, 6) is 0.0591. The molecule has 1 aromatic carbocycles. The first-order chi connectivity index (χ1) is 9.40. The maximum absolute atomic E-state index is 12.0. The minimum atomic E-state index is -3.79. The first-order valence-corrected chi connectivity index (χ1v) is 8.19. The highest BCUT2D eigenvalue weighted by atomic mass is 32.2. The van der Waals surface area contributed by atoms with Crippen molar-refractivity contribution < 1.29 is 13.2 Å². The number of nitrogens with one attached hydrogen (secondary N) is 1. The van der Waals surface area contributed by atoms with Gasteiger partial charge in [-0.15, -0.1) is 0 Å². The number of nitrogens with two attached hydrogens (primary N) is 1. The molecule has 7 heteroatoms. The molecule has 1 heterocycles. The Hall–Kier alpha value is -1.60. The Morgan fingerprint density at radius 3 is 2.75 bits per heavy atom. The van der Waals surface area contributed by atoms with Gasteiger partial charge in [0, 0.05) is 12.2 Å². The van der Waals surface area contributed by atoms with Gasteiger partial charge in [-0.05, 0) is 30.2 Å². The zero-order valence-corrected chi connectivity index (χ0v) is 12.2. The first-order valence-electron chi connectivity index (χ1n) is 6.64. The van der Waals surface area contributed by atoms with Crippen molar-refractivity contribution in [3.63, 3.8) is 0 Å². The second kappa shape index (κ2) is 5.80. The lowest BCUT2D eigenvalue weighted by Gasteiger charge is -2.17. The minimum Gasteiger partial charge on any atom is -0.312 e.